The molecule has 2 atom stereocenters. The third-order valence-corrected chi connectivity index (χ3v) is 4.14. The molecule has 0 saturated heterocycles. The van der Waals surface area contributed by atoms with Crippen molar-refractivity contribution < 1.29 is 9.84 Å². The maximum Gasteiger partial charge on any atom is 0.122 e. The molecule has 3 N–H and O–H groups in total. The second kappa shape index (κ2) is 7.51. The highest BCUT2D eigenvalue weighted by atomic mass is 16.5. The average molecular weight is 265 g/mol. The topological polar surface area (TPSA) is 55.5 Å². The van der Waals surface area contributed by atoms with Crippen LogP contribution >= 0.6 is 0 Å². The Labute approximate surface area is 116 Å². The van der Waals surface area contributed by atoms with Gasteiger partial charge in [-0.15, -0.1) is 0 Å². The van der Waals surface area contributed by atoms with E-state index in [1.54, 1.807) is 7.11 Å². The van der Waals surface area contributed by atoms with Crippen LogP contribution in [0.1, 0.15) is 42.4 Å². The van der Waals surface area contributed by atoms with E-state index in [1.165, 1.54) is 16.7 Å². The SMILES string of the molecule is CCC(CC(CN)CO)c1ccc(OC)c(C)c1C. The Morgan fingerprint density at radius 1 is 1.26 bits per heavy atom. The highest BCUT2D eigenvalue weighted by Gasteiger charge is 2.18. The molecule has 0 saturated carbocycles. The third-order valence-electron chi connectivity index (χ3n) is 4.14. The number of hydrogen-bond acceptors (Lipinski definition) is 3. The average Bonchev–Trinajstić information content (AvgIpc) is 2.44. The van der Waals surface area contributed by atoms with Gasteiger partial charge in [-0.3, -0.25) is 0 Å². The minimum Gasteiger partial charge on any atom is -0.496 e. The molecule has 0 aromatic heterocycles. The van der Waals surface area contributed by atoms with E-state index in [0.29, 0.717) is 12.5 Å². The summed E-state index contributed by atoms with van der Waals surface area (Å²) in [4.78, 5) is 0. The van der Waals surface area contributed by atoms with Gasteiger partial charge in [0.2, 0.25) is 0 Å². The minimum atomic E-state index is 0.168. The molecule has 19 heavy (non-hydrogen) atoms. The van der Waals surface area contributed by atoms with Crippen LogP contribution in [0.4, 0.5) is 0 Å². The van der Waals surface area contributed by atoms with Gasteiger partial charge in [-0.05, 0) is 67.8 Å². The van der Waals surface area contributed by atoms with E-state index < -0.39 is 0 Å². The monoisotopic (exact) mass is 265 g/mol. The second-order valence-electron chi connectivity index (χ2n) is 5.23. The molecular formula is C16H27NO2. The van der Waals surface area contributed by atoms with Crippen molar-refractivity contribution >= 4 is 0 Å². The zero-order valence-electron chi connectivity index (χ0n) is 12.6. The zero-order chi connectivity index (χ0) is 14.4. The summed E-state index contributed by atoms with van der Waals surface area (Å²) in [6.45, 7) is 7.14. The lowest BCUT2D eigenvalue weighted by Crippen LogP contribution is -2.21. The van der Waals surface area contributed by atoms with Gasteiger partial charge in [0.1, 0.15) is 5.75 Å². The molecule has 0 heterocycles. The smallest absolute Gasteiger partial charge is 0.122 e. The van der Waals surface area contributed by atoms with Crippen LogP contribution in [0.2, 0.25) is 0 Å². The molecule has 0 aliphatic heterocycles. The van der Waals surface area contributed by atoms with Gasteiger partial charge in [-0.1, -0.05) is 13.0 Å². The Morgan fingerprint density at radius 3 is 2.42 bits per heavy atom. The molecule has 0 spiro atoms. The van der Waals surface area contributed by atoms with Crippen molar-refractivity contribution in [3.05, 3.63) is 28.8 Å². The van der Waals surface area contributed by atoms with Crippen molar-refractivity contribution in [3.8, 4) is 5.75 Å². The summed E-state index contributed by atoms with van der Waals surface area (Å²) in [6, 6.07) is 4.19. The predicted octanol–water partition coefficient (Wildman–Crippen LogP) is 2.76. The maximum absolute atomic E-state index is 9.32. The van der Waals surface area contributed by atoms with Gasteiger partial charge in [0.15, 0.2) is 0 Å². The van der Waals surface area contributed by atoms with Crippen LogP contribution in [-0.4, -0.2) is 25.4 Å². The highest BCUT2D eigenvalue weighted by molar-refractivity contribution is 5.44. The molecule has 1 aromatic rings. The van der Waals surface area contributed by atoms with E-state index in [4.69, 9.17) is 10.5 Å². The molecular weight excluding hydrogens is 238 g/mol. The van der Waals surface area contributed by atoms with Crippen LogP contribution < -0.4 is 10.5 Å². The van der Waals surface area contributed by atoms with Gasteiger partial charge in [-0.25, -0.2) is 0 Å². The first kappa shape index (κ1) is 16.0. The van der Waals surface area contributed by atoms with Gasteiger partial charge in [0.05, 0.1) is 7.11 Å². The molecule has 0 aliphatic rings. The molecule has 3 nitrogen and oxygen atoms in total. The Morgan fingerprint density at radius 2 is 1.95 bits per heavy atom. The number of benzene rings is 1. The van der Waals surface area contributed by atoms with Crippen molar-refractivity contribution in [3.63, 3.8) is 0 Å². The van der Waals surface area contributed by atoms with Gasteiger partial charge >= 0.3 is 0 Å². The second-order valence-corrected chi connectivity index (χ2v) is 5.23. The molecule has 108 valence electrons. The lowest BCUT2D eigenvalue weighted by atomic mass is 9.84. The van der Waals surface area contributed by atoms with Gasteiger partial charge in [-0.2, -0.15) is 0 Å². The summed E-state index contributed by atoms with van der Waals surface area (Å²) in [5.41, 5.74) is 9.54. The fourth-order valence-corrected chi connectivity index (χ4v) is 2.64. The van der Waals surface area contributed by atoms with Crippen LogP contribution in [0.25, 0.3) is 0 Å². The lowest BCUT2D eigenvalue weighted by Gasteiger charge is -2.23. The first-order valence-corrected chi connectivity index (χ1v) is 7.03. The number of aliphatic hydroxyl groups is 1. The fraction of sp³-hybridized carbons (Fsp3) is 0.625. The molecule has 3 heteroatoms. The number of rotatable bonds is 7. The summed E-state index contributed by atoms with van der Waals surface area (Å²) < 4.78 is 5.36. The van der Waals surface area contributed by atoms with Crippen LogP contribution in [0.3, 0.4) is 0 Å². The van der Waals surface area contributed by atoms with Crippen LogP contribution in [-0.2, 0) is 0 Å². The van der Waals surface area contributed by atoms with Gasteiger partial charge in [0.25, 0.3) is 0 Å². The minimum absolute atomic E-state index is 0.168. The Kier molecular flexibility index (Phi) is 6.32. The van der Waals surface area contributed by atoms with E-state index in [0.717, 1.165) is 18.6 Å². The lowest BCUT2D eigenvalue weighted by molar-refractivity contribution is 0.214. The quantitative estimate of drug-likeness (QED) is 0.797. The van der Waals surface area contributed by atoms with Crippen molar-refractivity contribution in [1.29, 1.82) is 0 Å². The summed E-state index contributed by atoms with van der Waals surface area (Å²) >= 11 is 0. The molecule has 0 amide bonds. The Bertz CT molecular complexity index is 400. The molecule has 0 aliphatic carbocycles. The maximum atomic E-state index is 9.32. The molecule has 1 aromatic carbocycles. The number of aliphatic hydroxyl groups excluding tert-OH is 1. The standard InChI is InChI=1S/C16H27NO2/c1-5-14(8-13(9-17)10-18)15-6-7-16(19-4)12(3)11(15)2/h6-7,13-14,18H,5,8-10,17H2,1-4H3. The van der Waals surface area contributed by atoms with Crippen LogP contribution in [0.15, 0.2) is 12.1 Å². The summed E-state index contributed by atoms with van der Waals surface area (Å²) in [5.74, 6) is 1.57. The molecule has 0 bridgehead atoms. The first-order chi connectivity index (χ1) is 9.08. The van der Waals surface area contributed by atoms with Crippen molar-refractivity contribution in [2.45, 2.75) is 39.5 Å². The Hall–Kier alpha value is -1.06. The number of methoxy groups -OCH3 is 1. The molecule has 2 unspecified atom stereocenters. The van der Waals surface area contributed by atoms with E-state index in [9.17, 15) is 5.11 Å². The van der Waals surface area contributed by atoms with Crippen molar-refractivity contribution in [2.75, 3.05) is 20.3 Å². The number of ether oxygens (including phenoxy) is 1. The van der Waals surface area contributed by atoms with Crippen molar-refractivity contribution in [2.24, 2.45) is 11.7 Å². The van der Waals surface area contributed by atoms with Gasteiger partial charge in [0, 0.05) is 6.61 Å². The molecule has 1 rings (SSSR count). The van der Waals surface area contributed by atoms with Crippen LogP contribution in [0, 0.1) is 19.8 Å². The van der Waals surface area contributed by atoms with Crippen LogP contribution in [0.5, 0.6) is 5.75 Å². The normalized spacial score (nSPS) is 14.2. The predicted molar refractivity (Wildman–Crippen MR) is 79.7 cm³/mol. The zero-order valence-corrected chi connectivity index (χ0v) is 12.6. The number of hydrogen-bond donors (Lipinski definition) is 2. The molecule has 0 radical (unpaired) electrons. The largest absolute Gasteiger partial charge is 0.496 e. The van der Waals surface area contributed by atoms with E-state index in [1.807, 2.05) is 6.07 Å². The fourth-order valence-electron chi connectivity index (χ4n) is 2.64. The van der Waals surface area contributed by atoms with E-state index in [-0.39, 0.29) is 12.5 Å². The Balaban J connectivity index is 3.02. The highest BCUT2D eigenvalue weighted by Crippen LogP contribution is 2.33. The summed E-state index contributed by atoms with van der Waals surface area (Å²) in [5, 5.41) is 9.32. The summed E-state index contributed by atoms with van der Waals surface area (Å²) in [6.07, 6.45) is 2.00. The van der Waals surface area contributed by atoms with E-state index >= 15 is 0 Å². The van der Waals surface area contributed by atoms with Crippen molar-refractivity contribution in [1.82, 2.24) is 0 Å². The van der Waals surface area contributed by atoms with Gasteiger partial charge < -0.3 is 15.6 Å². The third kappa shape index (κ3) is 3.71. The summed E-state index contributed by atoms with van der Waals surface area (Å²) in [7, 11) is 1.70. The molecule has 0 fully saturated rings. The van der Waals surface area contributed by atoms with E-state index in [2.05, 4.69) is 26.8 Å². The number of nitrogens with two attached hydrogens (primary N) is 1. The first-order valence-electron chi connectivity index (χ1n) is 7.03.